The summed E-state index contributed by atoms with van der Waals surface area (Å²) in [6.07, 6.45) is 0.218. The maximum absolute atomic E-state index is 13.0. The van der Waals surface area contributed by atoms with Crippen LogP contribution in [0.1, 0.15) is 24.9 Å². The summed E-state index contributed by atoms with van der Waals surface area (Å²) in [4.78, 5) is 26.2. The van der Waals surface area contributed by atoms with Crippen LogP contribution < -0.4 is 15.0 Å². The molecule has 0 spiro atoms. The molecule has 0 saturated heterocycles. The van der Waals surface area contributed by atoms with Gasteiger partial charge >= 0.3 is 0 Å². The van der Waals surface area contributed by atoms with Gasteiger partial charge in [0.25, 0.3) is 0 Å². The molecule has 0 radical (unpaired) electrons. The van der Waals surface area contributed by atoms with Crippen molar-refractivity contribution in [1.82, 2.24) is 5.32 Å². The fourth-order valence-corrected chi connectivity index (χ4v) is 2.76. The number of nitrogens with one attached hydrogen (secondary N) is 1. The Morgan fingerprint density at radius 3 is 2.72 bits per heavy atom. The molecule has 130 valence electrons. The molecule has 6 heteroatoms. The molecule has 0 saturated carbocycles. The predicted molar refractivity (Wildman–Crippen MR) is 91.9 cm³/mol. The van der Waals surface area contributed by atoms with E-state index in [9.17, 15) is 14.0 Å². The Balaban J connectivity index is 1.71. The molecule has 3 rings (SSSR count). The van der Waals surface area contributed by atoms with Crippen molar-refractivity contribution in [3.63, 3.8) is 0 Å². The number of benzene rings is 2. The van der Waals surface area contributed by atoms with Gasteiger partial charge in [-0.2, -0.15) is 0 Å². The monoisotopic (exact) mass is 342 g/mol. The first kappa shape index (κ1) is 17.0. The first-order valence-electron chi connectivity index (χ1n) is 8.11. The molecule has 1 heterocycles. The molecular formula is C19H19FN2O3. The molecule has 0 unspecified atom stereocenters. The fraction of sp³-hybridized carbons (Fsp3) is 0.263. The lowest BCUT2D eigenvalue weighted by Gasteiger charge is -2.22. The van der Waals surface area contributed by atoms with E-state index in [1.165, 1.54) is 17.0 Å². The Morgan fingerprint density at radius 1 is 1.24 bits per heavy atom. The van der Waals surface area contributed by atoms with E-state index in [1.807, 2.05) is 13.0 Å². The molecule has 0 fully saturated rings. The molecule has 1 aliphatic heterocycles. The number of fused-ring (bicyclic) bond motifs is 1. The average molecular weight is 342 g/mol. The molecule has 0 bridgehead atoms. The molecule has 2 aromatic carbocycles. The quantitative estimate of drug-likeness (QED) is 0.929. The minimum absolute atomic E-state index is 0.0925. The number of carbonyl (C=O) groups is 2. The van der Waals surface area contributed by atoms with Gasteiger partial charge in [-0.05, 0) is 36.8 Å². The Bertz CT molecular complexity index is 776. The standard InChI is InChI=1S/C19H19FN2O3/c1-13(14-6-8-15(20)9-7-14)21-18(23)12-22-16-4-2-3-5-17(16)25-11-10-19(22)24/h2-9,13H,10-12H2,1H3,(H,21,23)/t13-/m0/s1. The zero-order chi connectivity index (χ0) is 17.8. The van der Waals surface area contributed by atoms with Crippen LogP contribution in [0.2, 0.25) is 0 Å². The summed E-state index contributed by atoms with van der Waals surface area (Å²) >= 11 is 0. The van der Waals surface area contributed by atoms with E-state index in [-0.39, 0.29) is 36.6 Å². The smallest absolute Gasteiger partial charge is 0.240 e. The van der Waals surface area contributed by atoms with Gasteiger partial charge in [0, 0.05) is 0 Å². The number of amides is 2. The van der Waals surface area contributed by atoms with E-state index in [2.05, 4.69) is 5.32 Å². The summed E-state index contributed by atoms with van der Waals surface area (Å²) < 4.78 is 18.6. The SMILES string of the molecule is C[C@H](NC(=O)CN1C(=O)CCOc2ccccc21)c1ccc(F)cc1. The topological polar surface area (TPSA) is 58.6 Å². The lowest BCUT2D eigenvalue weighted by molar-refractivity contribution is -0.124. The van der Waals surface area contributed by atoms with E-state index in [0.717, 1.165) is 5.56 Å². The van der Waals surface area contributed by atoms with Gasteiger partial charge in [0.05, 0.1) is 24.8 Å². The molecule has 2 amide bonds. The molecule has 25 heavy (non-hydrogen) atoms. The van der Waals surface area contributed by atoms with Crippen molar-refractivity contribution in [3.05, 3.63) is 59.9 Å². The van der Waals surface area contributed by atoms with Crippen LogP contribution >= 0.6 is 0 Å². The lowest BCUT2D eigenvalue weighted by Crippen LogP contribution is -2.41. The third kappa shape index (κ3) is 3.96. The molecule has 2 aromatic rings. The number of hydrogen-bond acceptors (Lipinski definition) is 3. The van der Waals surface area contributed by atoms with Gasteiger partial charge in [-0.3, -0.25) is 14.5 Å². The highest BCUT2D eigenvalue weighted by atomic mass is 19.1. The van der Waals surface area contributed by atoms with Crippen LogP contribution in [0.3, 0.4) is 0 Å². The van der Waals surface area contributed by atoms with Crippen molar-refractivity contribution in [2.45, 2.75) is 19.4 Å². The van der Waals surface area contributed by atoms with Gasteiger partial charge in [-0.15, -0.1) is 0 Å². The number of anilines is 1. The molecule has 0 aliphatic carbocycles. The first-order chi connectivity index (χ1) is 12.0. The third-order valence-corrected chi connectivity index (χ3v) is 4.08. The maximum Gasteiger partial charge on any atom is 0.240 e. The third-order valence-electron chi connectivity index (χ3n) is 4.08. The molecule has 5 nitrogen and oxygen atoms in total. The van der Waals surface area contributed by atoms with Crippen molar-refractivity contribution in [3.8, 4) is 5.75 Å². The summed E-state index contributed by atoms with van der Waals surface area (Å²) in [7, 11) is 0. The lowest BCUT2D eigenvalue weighted by atomic mass is 10.1. The molecule has 0 aromatic heterocycles. The van der Waals surface area contributed by atoms with E-state index < -0.39 is 0 Å². The number of rotatable bonds is 4. The largest absolute Gasteiger partial charge is 0.491 e. The molecular weight excluding hydrogens is 323 g/mol. The number of halogens is 1. The Kier molecular flexibility index (Phi) is 4.97. The van der Waals surface area contributed by atoms with Crippen LogP contribution in [0, 0.1) is 5.82 Å². The minimum atomic E-state index is -0.325. The second kappa shape index (κ2) is 7.34. The van der Waals surface area contributed by atoms with Crippen molar-refractivity contribution in [2.24, 2.45) is 0 Å². The van der Waals surface area contributed by atoms with E-state index in [4.69, 9.17) is 4.74 Å². The van der Waals surface area contributed by atoms with Crippen molar-refractivity contribution < 1.29 is 18.7 Å². The zero-order valence-corrected chi connectivity index (χ0v) is 13.9. The highest BCUT2D eigenvalue weighted by Gasteiger charge is 2.25. The van der Waals surface area contributed by atoms with Crippen LogP contribution in [-0.4, -0.2) is 25.0 Å². The van der Waals surface area contributed by atoms with Crippen LogP contribution in [0.4, 0.5) is 10.1 Å². The van der Waals surface area contributed by atoms with Crippen LogP contribution in [0.25, 0.3) is 0 Å². The van der Waals surface area contributed by atoms with Gasteiger partial charge in [-0.1, -0.05) is 24.3 Å². The summed E-state index contributed by atoms with van der Waals surface area (Å²) in [5.74, 6) is -0.182. The second-order valence-corrected chi connectivity index (χ2v) is 5.89. The van der Waals surface area contributed by atoms with Crippen LogP contribution in [0.15, 0.2) is 48.5 Å². The number of para-hydroxylation sites is 2. The van der Waals surface area contributed by atoms with Gasteiger partial charge in [0.2, 0.25) is 11.8 Å². The number of hydrogen-bond donors (Lipinski definition) is 1. The zero-order valence-electron chi connectivity index (χ0n) is 13.9. The normalized spacial score (nSPS) is 15.0. The molecule has 1 aliphatic rings. The summed E-state index contributed by atoms with van der Waals surface area (Å²) in [6, 6.07) is 12.8. The van der Waals surface area contributed by atoms with Crippen LogP contribution in [0.5, 0.6) is 5.75 Å². The van der Waals surface area contributed by atoms with Gasteiger partial charge < -0.3 is 10.1 Å². The Morgan fingerprint density at radius 2 is 1.96 bits per heavy atom. The second-order valence-electron chi connectivity index (χ2n) is 5.89. The molecule has 1 atom stereocenters. The fourth-order valence-electron chi connectivity index (χ4n) is 2.76. The average Bonchev–Trinajstić information content (AvgIpc) is 2.75. The number of ether oxygens (including phenoxy) is 1. The minimum Gasteiger partial charge on any atom is -0.491 e. The highest BCUT2D eigenvalue weighted by Crippen LogP contribution is 2.30. The van der Waals surface area contributed by atoms with Gasteiger partial charge in [-0.25, -0.2) is 4.39 Å². The predicted octanol–water partition coefficient (Wildman–Crippen LogP) is 2.82. The van der Waals surface area contributed by atoms with Crippen molar-refractivity contribution in [1.29, 1.82) is 0 Å². The van der Waals surface area contributed by atoms with Gasteiger partial charge in [0.15, 0.2) is 0 Å². The van der Waals surface area contributed by atoms with E-state index in [1.54, 1.807) is 30.3 Å². The van der Waals surface area contributed by atoms with Crippen molar-refractivity contribution >= 4 is 17.5 Å². The first-order valence-corrected chi connectivity index (χ1v) is 8.11. The van der Waals surface area contributed by atoms with Crippen LogP contribution in [-0.2, 0) is 9.59 Å². The summed E-state index contributed by atoms with van der Waals surface area (Å²) in [5.41, 5.74) is 1.38. The van der Waals surface area contributed by atoms with E-state index in [0.29, 0.717) is 18.0 Å². The Labute approximate surface area is 145 Å². The maximum atomic E-state index is 13.0. The van der Waals surface area contributed by atoms with Gasteiger partial charge in [0.1, 0.15) is 18.1 Å². The number of carbonyl (C=O) groups excluding carboxylic acids is 2. The Hall–Kier alpha value is -2.89. The van der Waals surface area contributed by atoms with E-state index >= 15 is 0 Å². The summed E-state index contributed by atoms with van der Waals surface area (Å²) in [6.45, 7) is 2.01. The van der Waals surface area contributed by atoms with Crippen molar-refractivity contribution in [2.75, 3.05) is 18.1 Å². The number of nitrogens with zero attached hydrogens (tertiary/aromatic N) is 1. The molecule has 1 N–H and O–H groups in total. The summed E-state index contributed by atoms with van der Waals surface area (Å²) in [5, 5.41) is 2.84. The highest BCUT2D eigenvalue weighted by molar-refractivity contribution is 6.00.